The normalized spacial score (nSPS) is 21.5. The van der Waals surface area contributed by atoms with E-state index in [9.17, 15) is 9.59 Å². The maximum Gasteiger partial charge on any atom is 0.234 e. The number of primary amides is 1. The van der Waals surface area contributed by atoms with E-state index in [1.165, 1.54) is 0 Å². The Balaban J connectivity index is 2.36. The van der Waals surface area contributed by atoms with Gasteiger partial charge in [0, 0.05) is 13.1 Å². The van der Waals surface area contributed by atoms with E-state index in [0.717, 1.165) is 19.4 Å². The smallest absolute Gasteiger partial charge is 0.234 e. The van der Waals surface area contributed by atoms with Crippen molar-refractivity contribution < 1.29 is 9.59 Å². The number of carbonyl (C=O) groups is 2. The highest BCUT2D eigenvalue weighted by atomic mass is 16.2. The molecule has 0 saturated carbocycles. The van der Waals surface area contributed by atoms with Gasteiger partial charge in [-0.3, -0.25) is 14.5 Å². The van der Waals surface area contributed by atoms with E-state index in [0.29, 0.717) is 13.1 Å². The highest BCUT2D eigenvalue weighted by Crippen LogP contribution is 2.15. The molecule has 1 heterocycles. The first-order valence-electron chi connectivity index (χ1n) is 5.15. The van der Waals surface area contributed by atoms with Crippen LogP contribution in [0.4, 0.5) is 0 Å². The van der Waals surface area contributed by atoms with Gasteiger partial charge in [-0.15, -0.1) is 0 Å². The number of hydrogen-bond acceptors (Lipinski definition) is 4. The van der Waals surface area contributed by atoms with Crippen molar-refractivity contribution in [1.82, 2.24) is 10.2 Å². The third-order valence-electron chi connectivity index (χ3n) is 2.51. The SMILES string of the molecule is NCCNC(=O)CN1CCCC1C(N)=O. The van der Waals surface area contributed by atoms with E-state index in [1.54, 1.807) is 0 Å². The summed E-state index contributed by atoms with van der Waals surface area (Å²) in [5.41, 5.74) is 10.5. The van der Waals surface area contributed by atoms with Gasteiger partial charge in [0.15, 0.2) is 0 Å². The van der Waals surface area contributed by atoms with Crippen molar-refractivity contribution in [2.24, 2.45) is 11.5 Å². The number of carbonyl (C=O) groups excluding carboxylic acids is 2. The third kappa shape index (κ3) is 3.49. The Kier molecular flexibility index (Phi) is 4.51. The average Bonchev–Trinajstić information content (AvgIpc) is 2.62. The van der Waals surface area contributed by atoms with Crippen LogP contribution >= 0.6 is 0 Å². The molecule has 15 heavy (non-hydrogen) atoms. The summed E-state index contributed by atoms with van der Waals surface area (Å²) in [5.74, 6) is -0.451. The summed E-state index contributed by atoms with van der Waals surface area (Å²) in [5, 5.41) is 2.66. The molecule has 1 saturated heterocycles. The minimum Gasteiger partial charge on any atom is -0.368 e. The molecule has 5 N–H and O–H groups in total. The van der Waals surface area contributed by atoms with Crippen LogP contribution in [-0.4, -0.2) is 48.9 Å². The minimum absolute atomic E-state index is 0.103. The van der Waals surface area contributed by atoms with Gasteiger partial charge in [0.1, 0.15) is 0 Å². The highest BCUT2D eigenvalue weighted by Gasteiger charge is 2.29. The Bertz CT molecular complexity index is 244. The van der Waals surface area contributed by atoms with Crippen molar-refractivity contribution >= 4 is 11.8 Å². The van der Waals surface area contributed by atoms with Gasteiger partial charge >= 0.3 is 0 Å². The summed E-state index contributed by atoms with van der Waals surface area (Å²) < 4.78 is 0. The van der Waals surface area contributed by atoms with E-state index in [4.69, 9.17) is 11.5 Å². The molecule has 1 rings (SSSR count). The first-order valence-corrected chi connectivity index (χ1v) is 5.15. The van der Waals surface area contributed by atoms with E-state index in [-0.39, 0.29) is 24.4 Å². The standard InChI is InChI=1S/C9H18N4O2/c10-3-4-12-8(14)6-13-5-1-2-7(13)9(11)15/h7H,1-6,10H2,(H2,11,15)(H,12,14). The topological polar surface area (TPSA) is 101 Å². The summed E-state index contributed by atoms with van der Waals surface area (Å²) in [6.07, 6.45) is 1.66. The molecule has 2 amide bonds. The first-order chi connectivity index (χ1) is 7.15. The number of hydrogen-bond donors (Lipinski definition) is 3. The predicted molar refractivity (Wildman–Crippen MR) is 55.9 cm³/mol. The van der Waals surface area contributed by atoms with Crippen molar-refractivity contribution in [3.05, 3.63) is 0 Å². The van der Waals surface area contributed by atoms with Crippen LogP contribution in [-0.2, 0) is 9.59 Å². The second-order valence-corrected chi connectivity index (χ2v) is 3.67. The van der Waals surface area contributed by atoms with Gasteiger partial charge in [0.25, 0.3) is 0 Å². The Morgan fingerprint density at radius 2 is 2.20 bits per heavy atom. The number of rotatable bonds is 5. The number of nitrogens with zero attached hydrogens (tertiary/aromatic N) is 1. The lowest BCUT2D eigenvalue weighted by molar-refractivity contribution is -0.125. The monoisotopic (exact) mass is 214 g/mol. The Morgan fingerprint density at radius 3 is 2.80 bits per heavy atom. The van der Waals surface area contributed by atoms with E-state index >= 15 is 0 Å². The van der Waals surface area contributed by atoms with Crippen molar-refractivity contribution in [3.8, 4) is 0 Å². The second kappa shape index (κ2) is 5.67. The van der Waals surface area contributed by atoms with Crippen molar-refractivity contribution in [1.29, 1.82) is 0 Å². The minimum atomic E-state index is -0.348. The van der Waals surface area contributed by atoms with Crippen molar-refractivity contribution in [3.63, 3.8) is 0 Å². The zero-order valence-corrected chi connectivity index (χ0v) is 8.74. The van der Waals surface area contributed by atoms with Crippen LogP contribution in [0.25, 0.3) is 0 Å². The summed E-state index contributed by atoms with van der Waals surface area (Å²) in [6, 6.07) is -0.284. The van der Waals surface area contributed by atoms with Crippen LogP contribution in [0, 0.1) is 0 Å². The summed E-state index contributed by atoms with van der Waals surface area (Å²) in [7, 11) is 0. The molecule has 1 aliphatic heterocycles. The Hall–Kier alpha value is -1.14. The highest BCUT2D eigenvalue weighted by molar-refractivity contribution is 5.82. The second-order valence-electron chi connectivity index (χ2n) is 3.67. The maximum absolute atomic E-state index is 11.4. The molecule has 6 nitrogen and oxygen atoms in total. The van der Waals surface area contributed by atoms with Crippen LogP contribution in [0.1, 0.15) is 12.8 Å². The fourth-order valence-corrected chi connectivity index (χ4v) is 1.79. The molecule has 0 aromatic rings. The Labute approximate surface area is 89.0 Å². The van der Waals surface area contributed by atoms with Crippen LogP contribution in [0.3, 0.4) is 0 Å². The van der Waals surface area contributed by atoms with Gasteiger partial charge in [0.2, 0.25) is 11.8 Å². The molecule has 1 fully saturated rings. The lowest BCUT2D eigenvalue weighted by atomic mass is 10.2. The van der Waals surface area contributed by atoms with Crippen molar-refractivity contribution in [2.45, 2.75) is 18.9 Å². The van der Waals surface area contributed by atoms with Crippen molar-refractivity contribution in [2.75, 3.05) is 26.2 Å². The largest absolute Gasteiger partial charge is 0.368 e. The lowest BCUT2D eigenvalue weighted by Crippen LogP contribution is -2.45. The molecule has 6 heteroatoms. The summed E-state index contributed by atoms with van der Waals surface area (Å²) in [6.45, 7) is 1.87. The molecular weight excluding hydrogens is 196 g/mol. The van der Waals surface area contributed by atoms with Gasteiger partial charge in [0.05, 0.1) is 12.6 Å². The average molecular weight is 214 g/mol. The van der Waals surface area contributed by atoms with Gasteiger partial charge < -0.3 is 16.8 Å². The zero-order chi connectivity index (χ0) is 11.3. The summed E-state index contributed by atoms with van der Waals surface area (Å²) >= 11 is 0. The number of nitrogens with two attached hydrogens (primary N) is 2. The van der Waals surface area contributed by atoms with Crippen LogP contribution < -0.4 is 16.8 Å². The molecule has 0 spiro atoms. The molecule has 1 aliphatic rings. The quantitative estimate of drug-likeness (QED) is 0.493. The molecule has 0 radical (unpaired) electrons. The molecule has 86 valence electrons. The maximum atomic E-state index is 11.4. The van der Waals surface area contributed by atoms with E-state index < -0.39 is 0 Å². The van der Waals surface area contributed by atoms with Gasteiger partial charge in [-0.2, -0.15) is 0 Å². The van der Waals surface area contributed by atoms with Gasteiger partial charge in [-0.1, -0.05) is 0 Å². The third-order valence-corrected chi connectivity index (χ3v) is 2.51. The van der Waals surface area contributed by atoms with Gasteiger partial charge in [-0.25, -0.2) is 0 Å². The molecule has 0 aliphatic carbocycles. The number of amides is 2. The van der Waals surface area contributed by atoms with Gasteiger partial charge in [-0.05, 0) is 19.4 Å². The van der Waals surface area contributed by atoms with Crippen LogP contribution in [0.15, 0.2) is 0 Å². The fraction of sp³-hybridized carbons (Fsp3) is 0.778. The lowest BCUT2D eigenvalue weighted by Gasteiger charge is -2.20. The molecular formula is C9H18N4O2. The molecule has 0 aromatic carbocycles. The summed E-state index contributed by atoms with van der Waals surface area (Å²) in [4.78, 5) is 24.2. The van der Waals surface area contributed by atoms with Crippen LogP contribution in [0.2, 0.25) is 0 Å². The molecule has 0 aromatic heterocycles. The van der Waals surface area contributed by atoms with E-state index in [1.807, 2.05) is 4.90 Å². The first kappa shape index (κ1) is 11.9. The predicted octanol–water partition coefficient (Wildman–Crippen LogP) is -1.99. The zero-order valence-electron chi connectivity index (χ0n) is 8.74. The fourth-order valence-electron chi connectivity index (χ4n) is 1.79. The number of nitrogens with one attached hydrogen (secondary N) is 1. The molecule has 1 atom stereocenters. The molecule has 0 bridgehead atoms. The van der Waals surface area contributed by atoms with E-state index in [2.05, 4.69) is 5.32 Å². The molecule has 1 unspecified atom stereocenters. The number of likely N-dealkylation sites (tertiary alicyclic amines) is 1. The van der Waals surface area contributed by atoms with Crippen LogP contribution in [0.5, 0.6) is 0 Å². The Morgan fingerprint density at radius 1 is 1.47 bits per heavy atom.